The van der Waals surface area contributed by atoms with Crippen LogP contribution >= 0.6 is 0 Å². The summed E-state index contributed by atoms with van der Waals surface area (Å²) in [6.07, 6.45) is 5.55. The van der Waals surface area contributed by atoms with E-state index in [0.717, 1.165) is 51.9 Å². The number of rotatable bonds is 5. The van der Waals surface area contributed by atoms with Gasteiger partial charge in [0.25, 0.3) is 0 Å². The lowest BCUT2D eigenvalue weighted by atomic mass is 9.93. The number of sulfone groups is 1. The number of piperazine rings is 1. The molecule has 0 aromatic heterocycles. The highest BCUT2D eigenvalue weighted by atomic mass is 32.2. The molecule has 128 valence electrons. The van der Waals surface area contributed by atoms with Crippen molar-refractivity contribution < 1.29 is 13.2 Å². The maximum absolute atomic E-state index is 12.2. The third-order valence-corrected chi connectivity index (χ3v) is 6.58. The summed E-state index contributed by atoms with van der Waals surface area (Å²) in [5.41, 5.74) is 0. The van der Waals surface area contributed by atoms with Gasteiger partial charge < -0.3 is 15.1 Å². The zero-order chi connectivity index (χ0) is 16.2. The van der Waals surface area contributed by atoms with Crippen molar-refractivity contribution in [3.8, 4) is 0 Å². The van der Waals surface area contributed by atoms with Gasteiger partial charge in [-0.3, -0.25) is 4.79 Å². The molecule has 0 aromatic rings. The highest BCUT2D eigenvalue weighted by Gasteiger charge is 2.35. The molecule has 2 fully saturated rings. The molecule has 1 saturated carbocycles. The van der Waals surface area contributed by atoms with Gasteiger partial charge in [-0.05, 0) is 19.9 Å². The number of hydrogen-bond acceptors (Lipinski definition) is 5. The molecule has 0 bridgehead atoms. The molecule has 1 amide bonds. The Morgan fingerprint density at radius 2 is 1.86 bits per heavy atom. The van der Waals surface area contributed by atoms with Crippen molar-refractivity contribution in [2.24, 2.45) is 0 Å². The van der Waals surface area contributed by atoms with Crippen molar-refractivity contribution in [1.82, 2.24) is 15.1 Å². The van der Waals surface area contributed by atoms with Crippen LogP contribution in [0.25, 0.3) is 0 Å². The summed E-state index contributed by atoms with van der Waals surface area (Å²) < 4.78 is 24.0. The normalized spacial score (nSPS) is 27.1. The smallest absolute Gasteiger partial charge is 0.223 e. The van der Waals surface area contributed by atoms with Gasteiger partial charge >= 0.3 is 0 Å². The first-order valence-corrected chi connectivity index (χ1v) is 10.2. The van der Waals surface area contributed by atoms with Crippen molar-refractivity contribution in [3.05, 3.63) is 0 Å². The quantitative estimate of drug-likeness (QED) is 0.773. The van der Waals surface area contributed by atoms with Gasteiger partial charge in [0.05, 0.1) is 5.25 Å². The van der Waals surface area contributed by atoms with Gasteiger partial charge in [-0.25, -0.2) is 8.42 Å². The lowest BCUT2D eigenvalue weighted by molar-refractivity contribution is -0.132. The van der Waals surface area contributed by atoms with Crippen LogP contribution in [0.3, 0.4) is 0 Å². The molecule has 1 saturated heterocycles. The van der Waals surface area contributed by atoms with E-state index in [1.165, 1.54) is 6.26 Å². The van der Waals surface area contributed by atoms with Gasteiger partial charge in [0, 0.05) is 51.4 Å². The number of nitrogens with zero attached hydrogens (tertiary/aromatic N) is 2. The second kappa shape index (κ2) is 7.75. The zero-order valence-corrected chi connectivity index (χ0v) is 14.6. The zero-order valence-electron chi connectivity index (χ0n) is 13.8. The van der Waals surface area contributed by atoms with E-state index in [1.54, 1.807) is 0 Å². The van der Waals surface area contributed by atoms with Gasteiger partial charge in [-0.1, -0.05) is 12.8 Å². The van der Waals surface area contributed by atoms with E-state index in [-0.39, 0.29) is 17.2 Å². The Bertz CT molecular complexity index is 474. The van der Waals surface area contributed by atoms with Crippen molar-refractivity contribution in [2.45, 2.75) is 43.4 Å². The van der Waals surface area contributed by atoms with Crippen LogP contribution in [0.1, 0.15) is 32.1 Å². The molecule has 1 aliphatic heterocycles. The Hall–Kier alpha value is -0.660. The Balaban J connectivity index is 1.87. The monoisotopic (exact) mass is 331 g/mol. The van der Waals surface area contributed by atoms with Crippen LogP contribution in [0.4, 0.5) is 0 Å². The molecule has 1 heterocycles. The van der Waals surface area contributed by atoms with Crippen LogP contribution in [0.15, 0.2) is 0 Å². The van der Waals surface area contributed by atoms with Crippen LogP contribution < -0.4 is 5.32 Å². The highest BCUT2D eigenvalue weighted by molar-refractivity contribution is 7.91. The van der Waals surface area contributed by atoms with Crippen molar-refractivity contribution in [3.63, 3.8) is 0 Å². The first-order valence-electron chi connectivity index (χ1n) is 8.27. The van der Waals surface area contributed by atoms with Crippen LogP contribution in [0.5, 0.6) is 0 Å². The first kappa shape index (κ1) is 17.7. The summed E-state index contributed by atoms with van der Waals surface area (Å²) in [6, 6.07) is 0.0552. The second-order valence-corrected chi connectivity index (χ2v) is 8.85. The molecule has 1 N–H and O–H groups in total. The number of carbonyl (C=O) groups is 1. The third kappa shape index (κ3) is 4.67. The topological polar surface area (TPSA) is 69.7 Å². The number of hydrogen-bond donors (Lipinski definition) is 1. The van der Waals surface area contributed by atoms with Gasteiger partial charge in [0.1, 0.15) is 0 Å². The molecule has 0 aromatic carbocycles. The van der Waals surface area contributed by atoms with Crippen molar-refractivity contribution >= 4 is 15.7 Å². The van der Waals surface area contributed by atoms with Crippen molar-refractivity contribution in [2.75, 3.05) is 46.0 Å². The molecule has 0 spiro atoms. The van der Waals surface area contributed by atoms with Gasteiger partial charge in [0.15, 0.2) is 9.84 Å². The summed E-state index contributed by atoms with van der Waals surface area (Å²) in [5, 5.41) is 2.96. The maximum Gasteiger partial charge on any atom is 0.223 e. The van der Waals surface area contributed by atoms with Crippen LogP contribution in [-0.2, 0) is 14.6 Å². The summed E-state index contributed by atoms with van der Waals surface area (Å²) in [4.78, 5) is 16.2. The van der Waals surface area contributed by atoms with E-state index in [2.05, 4.69) is 10.2 Å². The molecule has 1 aliphatic carbocycles. The maximum atomic E-state index is 12.2. The molecular weight excluding hydrogens is 302 g/mol. The lowest BCUT2D eigenvalue weighted by Crippen LogP contribution is -2.49. The molecule has 2 aliphatic rings. The van der Waals surface area contributed by atoms with Crippen LogP contribution in [0, 0.1) is 0 Å². The fourth-order valence-corrected chi connectivity index (χ4v) is 5.10. The van der Waals surface area contributed by atoms with Crippen molar-refractivity contribution in [1.29, 1.82) is 0 Å². The summed E-state index contributed by atoms with van der Waals surface area (Å²) in [6.45, 7) is 3.91. The number of amides is 1. The molecule has 6 nitrogen and oxygen atoms in total. The summed E-state index contributed by atoms with van der Waals surface area (Å²) >= 11 is 0. The standard InChI is InChI=1S/C15H29N3O3S/c1-17(10-7-15(19)18-11-8-16-9-12-18)13-5-3-4-6-14(13)22(2,20)21/h13-14,16H,3-12H2,1-2H3. The highest BCUT2D eigenvalue weighted by Crippen LogP contribution is 2.27. The lowest BCUT2D eigenvalue weighted by Gasteiger charge is -2.37. The number of nitrogens with one attached hydrogen (secondary N) is 1. The predicted molar refractivity (Wildman–Crippen MR) is 87.6 cm³/mol. The first-order chi connectivity index (χ1) is 10.4. The third-order valence-electron chi connectivity index (χ3n) is 4.93. The van der Waals surface area contributed by atoms with Crippen LogP contribution in [0.2, 0.25) is 0 Å². The second-order valence-electron chi connectivity index (χ2n) is 6.58. The molecule has 2 atom stereocenters. The Kier molecular flexibility index (Phi) is 6.23. The average Bonchev–Trinajstić information content (AvgIpc) is 2.52. The molecule has 7 heteroatoms. The molecule has 2 rings (SSSR count). The molecule has 22 heavy (non-hydrogen) atoms. The van der Waals surface area contributed by atoms with E-state index < -0.39 is 9.84 Å². The molecule has 0 radical (unpaired) electrons. The van der Waals surface area contributed by atoms with E-state index in [0.29, 0.717) is 13.0 Å². The fraction of sp³-hybridized carbons (Fsp3) is 0.933. The molecule has 2 unspecified atom stereocenters. The Labute approximate surface area is 134 Å². The largest absolute Gasteiger partial charge is 0.340 e. The predicted octanol–water partition coefficient (Wildman–Crippen LogP) is 0.0959. The van der Waals surface area contributed by atoms with Gasteiger partial charge in [0.2, 0.25) is 5.91 Å². The Morgan fingerprint density at radius 1 is 1.23 bits per heavy atom. The Morgan fingerprint density at radius 3 is 2.50 bits per heavy atom. The van der Waals surface area contributed by atoms with Gasteiger partial charge in [-0.15, -0.1) is 0 Å². The summed E-state index contributed by atoms with van der Waals surface area (Å²) in [7, 11) is -1.07. The van der Waals surface area contributed by atoms with E-state index in [9.17, 15) is 13.2 Å². The minimum absolute atomic E-state index is 0.0552. The summed E-state index contributed by atoms with van der Waals surface area (Å²) in [5.74, 6) is 0.181. The minimum atomic E-state index is -3.02. The molecular formula is C15H29N3O3S. The van der Waals surface area contributed by atoms with Crippen LogP contribution in [-0.4, -0.2) is 81.4 Å². The SMILES string of the molecule is CN(CCC(=O)N1CCNCC1)C1CCCCC1S(C)(=O)=O. The fourth-order valence-electron chi connectivity index (χ4n) is 3.59. The average molecular weight is 331 g/mol. The van der Waals surface area contributed by atoms with E-state index in [1.807, 2.05) is 11.9 Å². The van der Waals surface area contributed by atoms with E-state index in [4.69, 9.17) is 0 Å². The number of carbonyl (C=O) groups excluding carboxylic acids is 1. The van der Waals surface area contributed by atoms with Gasteiger partial charge in [-0.2, -0.15) is 0 Å². The minimum Gasteiger partial charge on any atom is -0.340 e. The van der Waals surface area contributed by atoms with E-state index >= 15 is 0 Å².